The average molecular weight is 356 g/mol. The van der Waals surface area contributed by atoms with Gasteiger partial charge in [0.2, 0.25) is 0 Å². The van der Waals surface area contributed by atoms with E-state index in [9.17, 15) is 9.35 Å². The molecular weight excluding hydrogens is 332 g/mol. The Labute approximate surface area is 152 Å². The molecule has 1 aliphatic heterocycles. The van der Waals surface area contributed by atoms with E-state index in [-0.39, 0.29) is 5.78 Å². The van der Waals surface area contributed by atoms with Crippen LogP contribution in [-0.2, 0) is 0 Å². The highest BCUT2D eigenvalue weighted by atomic mass is 32.2. The summed E-state index contributed by atoms with van der Waals surface area (Å²) >= 11 is -1.23. The normalized spacial score (nSPS) is 15.0. The van der Waals surface area contributed by atoms with Crippen molar-refractivity contribution in [3.05, 3.63) is 48.0 Å². The minimum absolute atomic E-state index is 0.105. The molecule has 2 aromatic carbocycles. The van der Waals surface area contributed by atoms with Gasteiger partial charge in [0.1, 0.15) is 0 Å². The number of carbonyl (C=O) groups is 1. The molecule has 0 aliphatic carbocycles. The lowest BCUT2D eigenvalue weighted by molar-refractivity contribution is 0.0988. The summed E-state index contributed by atoms with van der Waals surface area (Å²) in [5.74, 6) is 0.105. The van der Waals surface area contributed by atoms with Crippen LogP contribution < -0.4 is 4.90 Å². The Morgan fingerprint density at radius 3 is 2.52 bits per heavy atom. The lowest BCUT2D eigenvalue weighted by atomic mass is 10.1. The van der Waals surface area contributed by atoms with E-state index in [0.717, 1.165) is 27.7 Å². The zero-order valence-electron chi connectivity index (χ0n) is 15.2. The molecule has 3 rings (SSSR count). The number of Topliss-reactive ketones (excluding diaryl/α,β-unsaturated/α-hetero) is 1. The quantitative estimate of drug-likeness (QED) is 0.740. The van der Waals surface area contributed by atoms with Gasteiger partial charge in [0.25, 0.3) is 0 Å². The van der Waals surface area contributed by atoms with Crippen LogP contribution in [0.2, 0.25) is 0 Å². The van der Waals surface area contributed by atoms with Crippen molar-refractivity contribution >= 4 is 28.3 Å². The second kappa shape index (κ2) is 7.20. The summed E-state index contributed by atoms with van der Waals surface area (Å²) in [7, 11) is 4.10. The van der Waals surface area contributed by atoms with Gasteiger partial charge in [0.05, 0.1) is 11.4 Å². The number of likely N-dealkylation sites (N-methyl/N-ethyl adjacent to an activating group) is 1. The number of fused-ring (bicyclic) bond motifs is 2. The third-order valence-electron chi connectivity index (χ3n) is 4.78. The van der Waals surface area contributed by atoms with Gasteiger partial charge >= 0.3 is 0 Å². The molecule has 4 nitrogen and oxygen atoms in total. The van der Waals surface area contributed by atoms with E-state index in [1.54, 1.807) is 6.07 Å². The molecular formula is C20H24N2O2S-. The third kappa shape index (κ3) is 3.32. The predicted molar refractivity (Wildman–Crippen MR) is 103 cm³/mol. The molecule has 0 bridgehead atoms. The lowest BCUT2D eigenvalue weighted by Gasteiger charge is -2.43. The van der Waals surface area contributed by atoms with Crippen LogP contribution in [0.25, 0.3) is 0 Å². The van der Waals surface area contributed by atoms with Gasteiger partial charge in [0.15, 0.2) is 5.78 Å². The van der Waals surface area contributed by atoms with Gasteiger partial charge < -0.3 is 14.4 Å². The topological polar surface area (TPSA) is 46.6 Å². The second-order valence-electron chi connectivity index (χ2n) is 6.62. The highest BCUT2D eigenvalue weighted by molar-refractivity contribution is 8.12. The van der Waals surface area contributed by atoms with E-state index in [4.69, 9.17) is 0 Å². The Morgan fingerprint density at radius 1 is 1.16 bits per heavy atom. The molecule has 25 heavy (non-hydrogen) atoms. The number of para-hydroxylation sites is 1. The fourth-order valence-electron chi connectivity index (χ4n) is 2.97. The first-order valence-electron chi connectivity index (χ1n) is 8.56. The van der Waals surface area contributed by atoms with Gasteiger partial charge in [-0.3, -0.25) is 4.79 Å². The lowest BCUT2D eigenvalue weighted by Crippen LogP contribution is -2.37. The molecule has 5 heteroatoms. The first-order valence-corrected chi connectivity index (χ1v) is 9.71. The first kappa shape index (κ1) is 18.0. The number of anilines is 2. The van der Waals surface area contributed by atoms with Gasteiger partial charge in [-0.05, 0) is 45.3 Å². The van der Waals surface area contributed by atoms with Crippen molar-refractivity contribution in [1.82, 2.24) is 4.90 Å². The van der Waals surface area contributed by atoms with Crippen molar-refractivity contribution in [2.45, 2.75) is 36.1 Å². The Hall–Kier alpha value is -1.82. The Morgan fingerprint density at radius 2 is 1.84 bits per heavy atom. The molecule has 1 aliphatic rings. The molecule has 2 aromatic rings. The van der Waals surface area contributed by atoms with E-state index < -0.39 is 11.2 Å². The van der Waals surface area contributed by atoms with E-state index >= 15 is 0 Å². The van der Waals surface area contributed by atoms with Crippen LogP contribution in [0, 0.1) is 0 Å². The van der Waals surface area contributed by atoms with Gasteiger partial charge in [-0.25, -0.2) is 11.2 Å². The van der Waals surface area contributed by atoms with E-state index in [1.807, 2.05) is 43.3 Å². The fraction of sp³-hybridized carbons (Fsp3) is 0.350. The van der Waals surface area contributed by atoms with Crippen molar-refractivity contribution in [1.29, 1.82) is 0 Å². The SMILES string of the molecule is CCC(=O)c1ccc2c(c1)N(CC(C)N(C)C)c1ccccc1[S]2[O-]. The van der Waals surface area contributed by atoms with Gasteiger partial charge in [0, 0.05) is 34.4 Å². The number of ketones is 1. The Bertz CT molecular complexity index is 791. The van der Waals surface area contributed by atoms with Crippen LogP contribution in [0.5, 0.6) is 0 Å². The molecule has 1 unspecified atom stereocenters. The van der Waals surface area contributed by atoms with Crippen LogP contribution in [0.1, 0.15) is 30.6 Å². The summed E-state index contributed by atoms with van der Waals surface area (Å²) in [4.78, 5) is 18.1. The van der Waals surface area contributed by atoms with E-state index in [1.165, 1.54) is 0 Å². The fourth-order valence-corrected chi connectivity index (χ4v) is 4.33. The Kier molecular flexibility index (Phi) is 5.18. The van der Waals surface area contributed by atoms with Crippen molar-refractivity contribution in [2.75, 3.05) is 25.5 Å². The molecule has 0 aromatic heterocycles. The standard InChI is InChI=1S/C20H24N2O2S/c1-5-18(23)15-10-11-20-17(12-15)22(13-14(2)21(3)4)16-8-6-7-9-19(16)25(20)24/h6-12,14H,5,13H2,1-4H3/q-1. The molecule has 0 amide bonds. The van der Waals surface area contributed by atoms with Gasteiger partial charge in [-0.2, -0.15) is 0 Å². The van der Waals surface area contributed by atoms with Crippen LogP contribution in [0.3, 0.4) is 0 Å². The number of hydrogen-bond donors (Lipinski definition) is 0. The maximum Gasteiger partial charge on any atom is 0.162 e. The number of rotatable bonds is 5. The summed E-state index contributed by atoms with van der Waals surface area (Å²) in [5, 5.41) is 0. The minimum Gasteiger partial charge on any atom is -0.798 e. The van der Waals surface area contributed by atoms with Crippen LogP contribution >= 0.6 is 11.2 Å². The monoisotopic (exact) mass is 356 g/mol. The molecule has 0 fully saturated rings. The minimum atomic E-state index is -1.23. The number of nitrogens with zero attached hydrogens (tertiary/aromatic N) is 2. The molecule has 133 valence electrons. The molecule has 0 saturated carbocycles. The molecule has 0 N–H and O–H groups in total. The second-order valence-corrected chi connectivity index (χ2v) is 8.04. The number of carbonyl (C=O) groups excluding carboxylic acids is 1. The summed E-state index contributed by atoms with van der Waals surface area (Å²) in [6, 6.07) is 13.7. The van der Waals surface area contributed by atoms with Crippen LogP contribution in [0.15, 0.2) is 52.3 Å². The first-order chi connectivity index (χ1) is 11.9. The van der Waals surface area contributed by atoms with Crippen molar-refractivity contribution in [2.24, 2.45) is 0 Å². The van der Waals surface area contributed by atoms with E-state index in [0.29, 0.717) is 18.0 Å². The van der Waals surface area contributed by atoms with Crippen LogP contribution in [0.4, 0.5) is 11.4 Å². The molecule has 0 spiro atoms. The zero-order valence-corrected chi connectivity index (χ0v) is 16.0. The zero-order chi connectivity index (χ0) is 18.1. The largest absolute Gasteiger partial charge is 0.798 e. The van der Waals surface area contributed by atoms with Crippen molar-refractivity contribution in [3.63, 3.8) is 0 Å². The molecule has 0 saturated heterocycles. The molecule has 1 heterocycles. The smallest absolute Gasteiger partial charge is 0.162 e. The van der Waals surface area contributed by atoms with Crippen molar-refractivity contribution in [3.8, 4) is 0 Å². The number of hydrogen-bond acceptors (Lipinski definition) is 4. The average Bonchev–Trinajstić information content (AvgIpc) is 2.63. The highest BCUT2D eigenvalue weighted by Crippen LogP contribution is 2.55. The molecule has 1 atom stereocenters. The summed E-state index contributed by atoms with van der Waals surface area (Å²) < 4.78 is 13.0. The van der Waals surface area contributed by atoms with Crippen molar-refractivity contribution < 1.29 is 9.35 Å². The van der Waals surface area contributed by atoms with E-state index in [2.05, 4.69) is 30.8 Å². The van der Waals surface area contributed by atoms with Gasteiger partial charge in [-0.1, -0.05) is 25.1 Å². The Balaban J connectivity index is 2.13. The highest BCUT2D eigenvalue weighted by Gasteiger charge is 2.26. The third-order valence-corrected chi connectivity index (χ3v) is 6.27. The van der Waals surface area contributed by atoms with Crippen LogP contribution in [-0.4, -0.2) is 41.9 Å². The molecule has 1 radical (unpaired) electrons. The summed E-state index contributed by atoms with van der Waals surface area (Å²) in [6.45, 7) is 4.79. The predicted octanol–water partition coefficient (Wildman–Crippen LogP) is 4.50. The summed E-state index contributed by atoms with van der Waals surface area (Å²) in [5.41, 5.74) is 2.52. The maximum absolute atomic E-state index is 13.0. The maximum atomic E-state index is 13.0. The van der Waals surface area contributed by atoms with Gasteiger partial charge in [-0.15, -0.1) is 0 Å². The summed E-state index contributed by atoms with van der Waals surface area (Å²) in [6.07, 6.45) is 0.465. The number of benzene rings is 2.